The third-order valence-corrected chi connectivity index (χ3v) is 2.54. The SMILES string of the molecule is CCCN=C(N)NCCNC(=O)Cc1ccc(F)cc1. The largest absolute Gasteiger partial charge is 0.370 e. The van der Waals surface area contributed by atoms with Crippen LogP contribution in [0.2, 0.25) is 0 Å². The second kappa shape index (κ2) is 8.90. The zero-order valence-corrected chi connectivity index (χ0v) is 11.7. The van der Waals surface area contributed by atoms with Gasteiger partial charge in [0, 0.05) is 19.6 Å². The molecule has 0 bridgehead atoms. The maximum atomic E-state index is 12.7. The monoisotopic (exact) mass is 280 g/mol. The molecule has 0 fully saturated rings. The molecule has 0 aliphatic carbocycles. The Morgan fingerprint density at radius 2 is 1.90 bits per heavy atom. The highest BCUT2D eigenvalue weighted by atomic mass is 19.1. The van der Waals surface area contributed by atoms with Gasteiger partial charge in [-0.1, -0.05) is 19.1 Å². The molecule has 1 aromatic rings. The van der Waals surface area contributed by atoms with Crippen molar-refractivity contribution in [3.63, 3.8) is 0 Å². The molecule has 0 saturated carbocycles. The summed E-state index contributed by atoms with van der Waals surface area (Å²) in [4.78, 5) is 15.7. The lowest BCUT2D eigenvalue weighted by Gasteiger charge is -2.07. The van der Waals surface area contributed by atoms with Crippen molar-refractivity contribution in [2.45, 2.75) is 19.8 Å². The number of hydrogen-bond donors (Lipinski definition) is 3. The molecule has 1 rings (SSSR count). The number of benzene rings is 1. The van der Waals surface area contributed by atoms with Gasteiger partial charge in [0.25, 0.3) is 0 Å². The van der Waals surface area contributed by atoms with E-state index in [4.69, 9.17) is 5.73 Å². The number of aliphatic imine (C=N–C) groups is 1. The maximum absolute atomic E-state index is 12.7. The van der Waals surface area contributed by atoms with Crippen molar-refractivity contribution in [2.75, 3.05) is 19.6 Å². The third kappa shape index (κ3) is 6.72. The lowest BCUT2D eigenvalue weighted by molar-refractivity contribution is -0.120. The maximum Gasteiger partial charge on any atom is 0.224 e. The Labute approximate surface area is 118 Å². The predicted molar refractivity (Wildman–Crippen MR) is 77.9 cm³/mol. The summed E-state index contributed by atoms with van der Waals surface area (Å²) in [5.41, 5.74) is 6.38. The molecule has 0 heterocycles. The Balaban J connectivity index is 2.19. The van der Waals surface area contributed by atoms with Crippen LogP contribution in [-0.2, 0) is 11.2 Å². The van der Waals surface area contributed by atoms with Gasteiger partial charge in [-0.25, -0.2) is 4.39 Å². The van der Waals surface area contributed by atoms with Crippen LogP contribution in [0.1, 0.15) is 18.9 Å². The van der Waals surface area contributed by atoms with E-state index in [1.165, 1.54) is 12.1 Å². The van der Waals surface area contributed by atoms with Gasteiger partial charge in [0.05, 0.1) is 6.42 Å². The van der Waals surface area contributed by atoms with Crippen LogP contribution < -0.4 is 16.4 Å². The van der Waals surface area contributed by atoms with Crippen LogP contribution in [0.5, 0.6) is 0 Å². The second-order valence-corrected chi connectivity index (χ2v) is 4.35. The highest BCUT2D eigenvalue weighted by Crippen LogP contribution is 2.03. The minimum Gasteiger partial charge on any atom is -0.370 e. The summed E-state index contributed by atoms with van der Waals surface area (Å²) < 4.78 is 12.7. The van der Waals surface area contributed by atoms with Crippen molar-refractivity contribution < 1.29 is 9.18 Å². The fraction of sp³-hybridized carbons (Fsp3) is 0.429. The molecule has 0 aromatic heterocycles. The van der Waals surface area contributed by atoms with Crippen LogP contribution in [0, 0.1) is 5.82 Å². The fourth-order valence-corrected chi connectivity index (χ4v) is 1.53. The highest BCUT2D eigenvalue weighted by Gasteiger charge is 2.02. The summed E-state index contributed by atoms with van der Waals surface area (Å²) in [5, 5.41) is 5.66. The van der Waals surface area contributed by atoms with Crippen molar-refractivity contribution in [3.05, 3.63) is 35.6 Å². The summed E-state index contributed by atoms with van der Waals surface area (Å²) in [5.74, 6) is -0.0256. The number of hydrogen-bond acceptors (Lipinski definition) is 2. The molecule has 0 atom stereocenters. The quantitative estimate of drug-likeness (QED) is 0.392. The van der Waals surface area contributed by atoms with Crippen LogP contribution in [0.3, 0.4) is 0 Å². The Bertz CT molecular complexity index is 445. The standard InChI is InChI=1S/C14H21FN4O/c1-2-7-18-14(16)19-9-8-17-13(20)10-11-3-5-12(15)6-4-11/h3-6H,2,7-10H2,1H3,(H,17,20)(H3,16,18,19). The van der Waals surface area contributed by atoms with Gasteiger partial charge >= 0.3 is 0 Å². The number of nitrogens with zero attached hydrogens (tertiary/aromatic N) is 1. The fourth-order valence-electron chi connectivity index (χ4n) is 1.53. The van der Waals surface area contributed by atoms with Gasteiger partial charge in [-0.15, -0.1) is 0 Å². The van der Waals surface area contributed by atoms with E-state index in [9.17, 15) is 9.18 Å². The van der Waals surface area contributed by atoms with Crippen molar-refractivity contribution in [1.82, 2.24) is 10.6 Å². The van der Waals surface area contributed by atoms with E-state index in [1.807, 2.05) is 6.92 Å². The van der Waals surface area contributed by atoms with Gasteiger partial charge in [0.2, 0.25) is 5.91 Å². The van der Waals surface area contributed by atoms with E-state index in [0.717, 1.165) is 12.0 Å². The third-order valence-electron chi connectivity index (χ3n) is 2.54. The van der Waals surface area contributed by atoms with E-state index >= 15 is 0 Å². The van der Waals surface area contributed by atoms with Gasteiger partial charge in [-0.3, -0.25) is 9.79 Å². The summed E-state index contributed by atoms with van der Waals surface area (Å²) in [6.07, 6.45) is 1.18. The Kier molecular flexibility index (Phi) is 7.10. The molecule has 0 spiro atoms. The number of carbonyl (C=O) groups is 1. The molecule has 20 heavy (non-hydrogen) atoms. The lowest BCUT2D eigenvalue weighted by Crippen LogP contribution is -2.38. The van der Waals surface area contributed by atoms with E-state index in [2.05, 4.69) is 15.6 Å². The van der Waals surface area contributed by atoms with Crippen LogP contribution in [-0.4, -0.2) is 31.5 Å². The first-order valence-corrected chi connectivity index (χ1v) is 6.66. The van der Waals surface area contributed by atoms with Gasteiger partial charge < -0.3 is 16.4 Å². The van der Waals surface area contributed by atoms with Gasteiger partial charge in [-0.2, -0.15) is 0 Å². The number of amides is 1. The van der Waals surface area contributed by atoms with Crippen LogP contribution >= 0.6 is 0 Å². The van der Waals surface area contributed by atoms with Crippen molar-refractivity contribution in [2.24, 2.45) is 10.7 Å². The first-order chi connectivity index (χ1) is 9.61. The van der Waals surface area contributed by atoms with Crippen LogP contribution in [0.25, 0.3) is 0 Å². The van der Waals surface area contributed by atoms with Gasteiger partial charge in [0.1, 0.15) is 5.82 Å². The molecular formula is C14H21FN4O. The predicted octanol–water partition coefficient (Wildman–Crippen LogP) is 0.799. The van der Waals surface area contributed by atoms with E-state index < -0.39 is 0 Å². The number of halogens is 1. The van der Waals surface area contributed by atoms with Gasteiger partial charge in [-0.05, 0) is 24.1 Å². The smallest absolute Gasteiger partial charge is 0.224 e. The molecule has 0 radical (unpaired) electrons. The van der Waals surface area contributed by atoms with Crippen molar-refractivity contribution in [3.8, 4) is 0 Å². The van der Waals surface area contributed by atoms with E-state index in [1.54, 1.807) is 12.1 Å². The molecule has 1 aromatic carbocycles. The number of carbonyl (C=O) groups excluding carboxylic acids is 1. The molecule has 0 aliphatic rings. The molecule has 0 aliphatic heterocycles. The summed E-state index contributed by atoms with van der Waals surface area (Å²) in [7, 11) is 0. The first kappa shape index (κ1) is 15.9. The molecule has 6 heteroatoms. The van der Waals surface area contributed by atoms with E-state index in [-0.39, 0.29) is 18.1 Å². The van der Waals surface area contributed by atoms with Crippen molar-refractivity contribution >= 4 is 11.9 Å². The Hall–Kier alpha value is -2.11. The number of nitrogens with one attached hydrogen (secondary N) is 2. The topological polar surface area (TPSA) is 79.5 Å². The minimum atomic E-state index is -0.305. The normalized spacial score (nSPS) is 11.2. The molecule has 1 amide bonds. The lowest BCUT2D eigenvalue weighted by atomic mass is 10.1. The van der Waals surface area contributed by atoms with Gasteiger partial charge in [0.15, 0.2) is 5.96 Å². The zero-order chi connectivity index (χ0) is 14.8. The van der Waals surface area contributed by atoms with Crippen LogP contribution in [0.4, 0.5) is 4.39 Å². The Morgan fingerprint density at radius 3 is 2.55 bits per heavy atom. The zero-order valence-electron chi connectivity index (χ0n) is 11.7. The summed E-state index contributed by atoms with van der Waals surface area (Å²) in [6.45, 7) is 3.69. The Morgan fingerprint density at radius 1 is 1.25 bits per heavy atom. The van der Waals surface area contributed by atoms with Crippen molar-refractivity contribution in [1.29, 1.82) is 0 Å². The second-order valence-electron chi connectivity index (χ2n) is 4.35. The molecule has 4 N–H and O–H groups in total. The molecule has 0 unspecified atom stereocenters. The average molecular weight is 280 g/mol. The number of rotatable bonds is 7. The highest BCUT2D eigenvalue weighted by molar-refractivity contribution is 5.79. The minimum absolute atomic E-state index is 0.109. The molecular weight excluding hydrogens is 259 g/mol. The van der Waals surface area contributed by atoms with E-state index in [0.29, 0.717) is 25.6 Å². The first-order valence-electron chi connectivity index (χ1n) is 6.66. The summed E-state index contributed by atoms with van der Waals surface area (Å²) in [6, 6.07) is 5.88. The average Bonchev–Trinajstić information content (AvgIpc) is 2.44. The molecule has 5 nitrogen and oxygen atoms in total. The molecule has 110 valence electrons. The number of nitrogens with two attached hydrogens (primary N) is 1. The summed E-state index contributed by atoms with van der Waals surface area (Å²) >= 11 is 0. The van der Waals surface area contributed by atoms with Crippen LogP contribution in [0.15, 0.2) is 29.3 Å². The number of guanidine groups is 1. The molecule has 0 saturated heterocycles.